The summed E-state index contributed by atoms with van der Waals surface area (Å²) < 4.78 is 3.67. The number of fused-ring (bicyclic) bond motifs is 1. The molecular formula is C17H21N5O. The highest BCUT2D eigenvalue weighted by Crippen LogP contribution is 2.20. The van der Waals surface area contributed by atoms with E-state index in [-0.39, 0.29) is 5.91 Å². The second kappa shape index (κ2) is 5.87. The van der Waals surface area contributed by atoms with Crippen LogP contribution in [-0.4, -0.2) is 25.5 Å². The lowest BCUT2D eigenvalue weighted by Crippen LogP contribution is -2.16. The third kappa shape index (κ3) is 2.84. The maximum atomic E-state index is 12.3. The van der Waals surface area contributed by atoms with Gasteiger partial charge < -0.3 is 5.32 Å². The Morgan fingerprint density at radius 1 is 1.26 bits per heavy atom. The van der Waals surface area contributed by atoms with Crippen molar-refractivity contribution >= 4 is 22.5 Å². The molecule has 3 rings (SSSR count). The van der Waals surface area contributed by atoms with Crippen LogP contribution in [0.2, 0.25) is 0 Å². The standard InChI is InChI=1S/C17H21N5O/c1-11-6-5-7-14-10-18-22(17(11)14)9-8-15(23)19-16-12(2)20-21(4)13(16)3/h5-7,10H,8-9H2,1-4H3,(H,19,23). The first kappa shape index (κ1) is 15.3. The molecule has 6 heteroatoms. The number of aromatic nitrogens is 4. The van der Waals surface area contributed by atoms with E-state index in [1.54, 1.807) is 4.68 Å². The van der Waals surface area contributed by atoms with E-state index in [4.69, 9.17) is 0 Å². The summed E-state index contributed by atoms with van der Waals surface area (Å²) in [6, 6.07) is 6.11. The average Bonchev–Trinajstić information content (AvgIpc) is 3.03. The van der Waals surface area contributed by atoms with Crippen LogP contribution in [0.25, 0.3) is 10.9 Å². The van der Waals surface area contributed by atoms with Gasteiger partial charge in [-0.15, -0.1) is 0 Å². The second-order valence-electron chi connectivity index (χ2n) is 5.85. The molecule has 0 aliphatic heterocycles. The lowest BCUT2D eigenvalue weighted by molar-refractivity contribution is -0.116. The van der Waals surface area contributed by atoms with Crippen molar-refractivity contribution in [2.75, 3.05) is 5.32 Å². The zero-order valence-corrected chi connectivity index (χ0v) is 13.9. The normalized spacial score (nSPS) is 11.1. The first-order chi connectivity index (χ1) is 11.0. The molecule has 1 amide bonds. The van der Waals surface area contributed by atoms with Gasteiger partial charge in [-0.2, -0.15) is 10.2 Å². The molecule has 0 spiro atoms. The number of aryl methyl sites for hydroxylation is 4. The molecule has 0 saturated heterocycles. The summed E-state index contributed by atoms with van der Waals surface area (Å²) in [5.74, 6) is -0.0264. The predicted octanol–water partition coefficient (Wildman–Crippen LogP) is 2.72. The molecule has 0 atom stereocenters. The van der Waals surface area contributed by atoms with Crippen LogP contribution < -0.4 is 5.32 Å². The molecule has 0 aliphatic carbocycles. The minimum absolute atomic E-state index is 0.0264. The largest absolute Gasteiger partial charge is 0.323 e. The molecule has 0 unspecified atom stereocenters. The topological polar surface area (TPSA) is 64.7 Å². The van der Waals surface area contributed by atoms with Crippen LogP contribution in [0.3, 0.4) is 0 Å². The van der Waals surface area contributed by atoms with Crippen LogP contribution >= 0.6 is 0 Å². The lowest BCUT2D eigenvalue weighted by Gasteiger charge is -2.08. The van der Waals surface area contributed by atoms with Gasteiger partial charge in [-0.25, -0.2) is 0 Å². The summed E-state index contributed by atoms with van der Waals surface area (Å²) >= 11 is 0. The summed E-state index contributed by atoms with van der Waals surface area (Å²) in [7, 11) is 1.87. The molecule has 0 bridgehead atoms. The Morgan fingerprint density at radius 2 is 2.04 bits per heavy atom. The van der Waals surface area contributed by atoms with Gasteiger partial charge in [-0.05, 0) is 26.3 Å². The molecule has 23 heavy (non-hydrogen) atoms. The van der Waals surface area contributed by atoms with Crippen molar-refractivity contribution in [3.8, 4) is 0 Å². The average molecular weight is 311 g/mol. The van der Waals surface area contributed by atoms with Crippen LogP contribution in [-0.2, 0) is 18.4 Å². The number of hydrogen-bond acceptors (Lipinski definition) is 3. The van der Waals surface area contributed by atoms with Crippen molar-refractivity contribution in [2.24, 2.45) is 7.05 Å². The molecule has 2 aromatic heterocycles. The van der Waals surface area contributed by atoms with Gasteiger partial charge in [0.05, 0.1) is 35.3 Å². The van der Waals surface area contributed by atoms with Gasteiger partial charge in [0.15, 0.2) is 0 Å². The monoisotopic (exact) mass is 311 g/mol. The van der Waals surface area contributed by atoms with E-state index < -0.39 is 0 Å². The van der Waals surface area contributed by atoms with Crippen molar-refractivity contribution in [1.29, 1.82) is 0 Å². The number of nitrogens with one attached hydrogen (secondary N) is 1. The summed E-state index contributed by atoms with van der Waals surface area (Å²) in [6.07, 6.45) is 2.22. The van der Waals surface area contributed by atoms with Crippen LogP contribution in [0.1, 0.15) is 23.4 Å². The highest BCUT2D eigenvalue weighted by molar-refractivity contribution is 5.92. The first-order valence-electron chi connectivity index (χ1n) is 7.68. The summed E-state index contributed by atoms with van der Waals surface area (Å²) in [5.41, 5.74) is 4.85. The fourth-order valence-electron chi connectivity index (χ4n) is 2.86. The Morgan fingerprint density at radius 3 is 2.74 bits per heavy atom. The Bertz CT molecular complexity index is 875. The number of hydrogen-bond donors (Lipinski definition) is 1. The highest BCUT2D eigenvalue weighted by Gasteiger charge is 2.13. The van der Waals surface area contributed by atoms with Gasteiger partial charge in [0, 0.05) is 18.9 Å². The van der Waals surface area contributed by atoms with Crippen molar-refractivity contribution in [1.82, 2.24) is 19.6 Å². The van der Waals surface area contributed by atoms with Gasteiger partial charge in [-0.1, -0.05) is 18.2 Å². The fourth-order valence-corrected chi connectivity index (χ4v) is 2.86. The minimum atomic E-state index is -0.0264. The molecule has 3 aromatic rings. The Hall–Kier alpha value is -2.63. The molecule has 120 valence electrons. The summed E-state index contributed by atoms with van der Waals surface area (Å²) in [5, 5.41) is 12.8. The maximum absolute atomic E-state index is 12.3. The predicted molar refractivity (Wildman–Crippen MR) is 90.4 cm³/mol. The van der Waals surface area contributed by atoms with Gasteiger partial charge in [-0.3, -0.25) is 14.2 Å². The highest BCUT2D eigenvalue weighted by atomic mass is 16.1. The van der Waals surface area contributed by atoms with Crippen molar-refractivity contribution in [3.05, 3.63) is 41.3 Å². The molecule has 1 N–H and O–H groups in total. The Labute approximate surface area is 135 Å². The van der Waals surface area contributed by atoms with Crippen LogP contribution in [0.5, 0.6) is 0 Å². The van der Waals surface area contributed by atoms with E-state index in [2.05, 4.69) is 28.5 Å². The molecule has 0 fully saturated rings. The number of amides is 1. The maximum Gasteiger partial charge on any atom is 0.226 e. The zero-order chi connectivity index (χ0) is 16.6. The van der Waals surface area contributed by atoms with E-state index >= 15 is 0 Å². The number of carbonyl (C=O) groups excluding carboxylic acids is 1. The first-order valence-corrected chi connectivity index (χ1v) is 7.68. The van der Waals surface area contributed by atoms with Gasteiger partial charge in [0.2, 0.25) is 5.91 Å². The van der Waals surface area contributed by atoms with E-state index in [0.29, 0.717) is 13.0 Å². The van der Waals surface area contributed by atoms with Gasteiger partial charge in [0.25, 0.3) is 0 Å². The van der Waals surface area contributed by atoms with E-state index in [9.17, 15) is 4.79 Å². The van der Waals surface area contributed by atoms with Gasteiger partial charge in [0.1, 0.15) is 0 Å². The zero-order valence-electron chi connectivity index (χ0n) is 13.9. The molecule has 0 radical (unpaired) electrons. The van der Waals surface area contributed by atoms with Gasteiger partial charge >= 0.3 is 0 Å². The molecule has 0 aliphatic rings. The van der Waals surface area contributed by atoms with Crippen LogP contribution in [0.15, 0.2) is 24.4 Å². The van der Waals surface area contributed by atoms with Crippen LogP contribution in [0.4, 0.5) is 5.69 Å². The van der Waals surface area contributed by atoms with Crippen LogP contribution in [0, 0.1) is 20.8 Å². The smallest absolute Gasteiger partial charge is 0.226 e. The second-order valence-corrected chi connectivity index (χ2v) is 5.85. The Balaban J connectivity index is 1.71. The SMILES string of the molecule is Cc1nn(C)c(C)c1NC(=O)CCn1ncc2cccc(C)c21. The molecule has 0 saturated carbocycles. The molecular weight excluding hydrogens is 290 g/mol. The minimum Gasteiger partial charge on any atom is -0.323 e. The van der Waals surface area contributed by atoms with Crippen molar-refractivity contribution < 1.29 is 4.79 Å². The third-order valence-corrected chi connectivity index (χ3v) is 4.19. The van der Waals surface area contributed by atoms with Crippen molar-refractivity contribution in [2.45, 2.75) is 33.7 Å². The number of carbonyl (C=O) groups is 1. The fraction of sp³-hybridized carbons (Fsp3) is 0.353. The quantitative estimate of drug-likeness (QED) is 0.805. The number of rotatable bonds is 4. The van der Waals surface area contributed by atoms with E-state index in [1.807, 2.05) is 43.9 Å². The summed E-state index contributed by atoms with van der Waals surface area (Å²) in [4.78, 5) is 12.3. The molecule has 1 aromatic carbocycles. The lowest BCUT2D eigenvalue weighted by atomic mass is 10.2. The van der Waals surface area contributed by atoms with E-state index in [0.717, 1.165) is 28.0 Å². The number of benzene rings is 1. The number of para-hydroxylation sites is 1. The summed E-state index contributed by atoms with van der Waals surface area (Å²) in [6.45, 7) is 6.45. The molecule has 6 nitrogen and oxygen atoms in total. The molecule has 2 heterocycles. The Kier molecular flexibility index (Phi) is 3.90. The number of anilines is 1. The van der Waals surface area contributed by atoms with Crippen molar-refractivity contribution in [3.63, 3.8) is 0 Å². The number of nitrogens with zero attached hydrogens (tertiary/aromatic N) is 4. The third-order valence-electron chi connectivity index (χ3n) is 4.19. The van der Waals surface area contributed by atoms with E-state index in [1.165, 1.54) is 5.56 Å².